The number of anilines is 1. The summed E-state index contributed by atoms with van der Waals surface area (Å²) >= 11 is 6.46. The fourth-order valence-corrected chi connectivity index (χ4v) is 5.14. The number of aryl methyl sites for hydroxylation is 1. The molecule has 176 valence electrons. The molecule has 1 saturated heterocycles. The van der Waals surface area contributed by atoms with Crippen molar-refractivity contribution in [1.29, 1.82) is 0 Å². The number of aromatic nitrogens is 2. The second kappa shape index (κ2) is 9.99. The van der Waals surface area contributed by atoms with Crippen molar-refractivity contribution < 1.29 is 4.79 Å². The molecule has 0 unspecified atom stereocenters. The van der Waals surface area contributed by atoms with Crippen LogP contribution in [-0.4, -0.2) is 53.3 Å². The average molecular weight is 478 g/mol. The van der Waals surface area contributed by atoms with Crippen LogP contribution >= 0.6 is 11.6 Å². The third-order valence-corrected chi connectivity index (χ3v) is 7.04. The van der Waals surface area contributed by atoms with Crippen molar-refractivity contribution in [3.63, 3.8) is 0 Å². The molecule has 1 amide bonds. The molecule has 2 aliphatic rings. The van der Waals surface area contributed by atoms with E-state index in [-0.39, 0.29) is 22.5 Å². The van der Waals surface area contributed by atoms with Crippen molar-refractivity contribution in [3.05, 3.63) is 87.3 Å². The van der Waals surface area contributed by atoms with Crippen molar-refractivity contribution in [1.82, 2.24) is 20.0 Å². The van der Waals surface area contributed by atoms with Gasteiger partial charge in [0.1, 0.15) is 5.02 Å². The molecule has 7 nitrogen and oxygen atoms in total. The van der Waals surface area contributed by atoms with E-state index >= 15 is 0 Å². The number of rotatable bonds is 5. The molecule has 5 rings (SSSR count). The van der Waals surface area contributed by atoms with Gasteiger partial charge in [0.2, 0.25) is 5.91 Å². The third-order valence-electron chi connectivity index (χ3n) is 6.69. The summed E-state index contributed by atoms with van der Waals surface area (Å²) in [4.78, 5) is 29.8. The van der Waals surface area contributed by atoms with Gasteiger partial charge in [0.05, 0.1) is 30.2 Å². The smallest absolute Gasteiger partial charge is 0.292 e. The predicted octanol–water partition coefficient (Wildman–Crippen LogP) is 3.20. The van der Waals surface area contributed by atoms with Gasteiger partial charge in [-0.05, 0) is 42.5 Å². The molecule has 0 saturated carbocycles. The second-order valence-corrected chi connectivity index (χ2v) is 9.25. The van der Waals surface area contributed by atoms with Crippen LogP contribution < -0.4 is 15.8 Å². The lowest BCUT2D eigenvalue weighted by Gasteiger charge is -2.36. The van der Waals surface area contributed by atoms with Gasteiger partial charge in [-0.3, -0.25) is 14.5 Å². The topological polar surface area (TPSA) is 70.5 Å². The molecule has 1 fully saturated rings. The van der Waals surface area contributed by atoms with Gasteiger partial charge in [-0.15, -0.1) is 0 Å². The van der Waals surface area contributed by atoms with Gasteiger partial charge >= 0.3 is 0 Å². The molecule has 0 radical (unpaired) electrons. The fourth-order valence-electron chi connectivity index (χ4n) is 4.89. The first-order chi connectivity index (χ1) is 16.6. The van der Waals surface area contributed by atoms with Gasteiger partial charge in [-0.25, -0.2) is 0 Å². The largest absolute Gasteiger partial charge is 0.366 e. The quantitative estimate of drug-likeness (QED) is 0.611. The summed E-state index contributed by atoms with van der Waals surface area (Å²) in [7, 11) is 0. The van der Waals surface area contributed by atoms with Crippen molar-refractivity contribution in [3.8, 4) is 5.69 Å². The Labute approximate surface area is 203 Å². The number of hydrogen-bond donors (Lipinski definition) is 1. The molecule has 2 heterocycles. The standard InChI is InChI=1S/C26H28ClN5O2/c27-25-23(17-28-32(26(25)34)20-9-2-1-3-10-20)31-15-13-30(14-16-31)18-24(33)29-22-12-6-8-19-7-4-5-11-21(19)22/h1-5,7,9-11,17,22H,6,8,12-16,18H2,(H,29,33)/t22-/m1/s1. The normalized spacial score (nSPS) is 18.4. The fraction of sp³-hybridized carbons (Fsp3) is 0.346. The monoisotopic (exact) mass is 477 g/mol. The van der Waals surface area contributed by atoms with Gasteiger partial charge in [0.15, 0.2) is 0 Å². The van der Waals surface area contributed by atoms with Crippen LogP contribution in [0.2, 0.25) is 5.02 Å². The number of benzene rings is 2. The van der Waals surface area contributed by atoms with Gasteiger partial charge in [0.25, 0.3) is 5.56 Å². The summed E-state index contributed by atoms with van der Waals surface area (Å²) < 4.78 is 1.32. The number of fused-ring (bicyclic) bond motifs is 1. The molecule has 1 aliphatic carbocycles. The van der Waals surface area contributed by atoms with Crippen LogP contribution in [-0.2, 0) is 11.2 Å². The summed E-state index contributed by atoms with van der Waals surface area (Å²) in [6.45, 7) is 3.15. The van der Waals surface area contributed by atoms with E-state index in [1.807, 2.05) is 36.4 Å². The van der Waals surface area contributed by atoms with Crippen molar-refractivity contribution in [2.75, 3.05) is 37.6 Å². The van der Waals surface area contributed by atoms with Gasteiger partial charge in [-0.1, -0.05) is 54.1 Å². The van der Waals surface area contributed by atoms with E-state index in [9.17, 15) is 9.59 Å². The van der Waals surface area contributed by atoms with E-state index in [1.165, 1.54) is 15.8 Å². The van der Waals surface area contributed by atoms with E-state index in [4.69, 9.17) is 11.6 Å². The summed E-state index contributed by atoms with van der Waals surface area (Å²) in [6, 6.07) is 17.7. The van der Waals surface area contributed by atoms with Crippen molar-refractivity contribution in [2.45, 2.75) is 25.3 Å². The lowest BCUT2D eigenvalue weighted by molar-refractivity contribution is -0.123. The number of para-hydroxylation sites is 1. The molecule has 8 heteroatoms. The highest BCUT2D eigenvalue weighted by atomic mass is 35.5. The SMILES string of the molecule is O=C(CN1CCN(c2cnn(-c3ccccc3)c(=O)c2Cl)CC1)N[C@@H]1CCCc2ccccc21. The first kappa shape index (κ1) is 22.6. The minimum absolute atomic E-state index is 0.0558. The van der Waals surface area contributed by atoms with E-state index in [1.54, 1.807) is 6.20 Å². The predicted molar refractivity (Wildman–Crippen MR) is 134 cm³/mol. The highest BCUT2D eigenvalue weighted by Crippen LogP contribution is 2.29. The Morgan fingerprint density at radius 1 is 1.03 bits per heavy atom. The first-order valence-corrected chi connectivity index (χ1v) is 12.2. The van der Waals surface area contributed by atoms with E-state index in [0.717, 1.165) is 19.3 Å². The van der Waals surface area contributed by atoms with Crippen LogP contribution in [0.5, 0.6) is 0 Å². The van der Waals surface area contributed by atoms with Crippen molar-refractivity contribution >= 4 is 23.2 Å². The Morgan fingerprint density at radius 3 is 2.56 bits per heavy atom. The lowest BCUT2D eigenvalue weighted by atomic mass is 9.88. The van der Waals surface area contributed by atoms with Crippen LogP contribution in [0.15, 0.2) is 65.6 Å². The van der Waals surface area contributed by atoms with Crippen LogP contribution in [0.1, 0.15) is 30.0 Å². The average Bonchev–Trinajstić information content (AvgIpc) is 2.87. The summed E-state index contributed by atoms with van der Waals surface area (Å²) in [5.41, 5.74) is 3.57. The van der Waals surface area contributed by atoms with Gasteiger partial charge in [0, 0.05) is 26.2 Å². The number of carbonyl (C=O) groups excluding carboxylic acids is 1. The maximum Gasteiger partial charge on any atom is 0.292 e. The minimum atomic E-state index is -0.333. The van der Waals surface area contributed by atoms with Gasteiger partial charge in [-0.2, -0.15) is 9.78 Å². The van der Waals surface area contributed by atoms with E-state index < -0.39 is 0 Å². The molecule has 3 aromatic rings. The van der Waals surface area contributed by atoms with E-state index in [2.05, 4.69) is 38.4 Å². The molecular formula is C26H28ClN5O2. The minimum Gasteiger partial charge on any atom is -0.366 e. The molecule has 1 N–H and O–H groups in total. The maximum atomic E-state index is 12.8. The number of halogens is 1. The Kier molecular flexibility index (Phi) is 6.65. The van der Waals surface area contributed by atoms with E-state index in [0.29, 0.717) is 44.1 Å². The van der Waals surface area contributed by atoms with Crippen LogP contribution in [0, 0.1) is 0 Å². The summed E-state index contributed by atoms with van der Waals surface area (Å²) in [5.74, 6) is 0.0558. The molecule has 0 bridgehead atoms. The third kappa shape index (κ3) is 4.72. The molecule has 1 aromatic heterocycles. The maximum absolute atomic E-state index is 12.8. The lowest BCUT2D eigenvalue weighted by Crippen LogP contribution is -2.50. The van der Waals surface area contributed by atoms with Crippen LogP contribution in [0.3, 0.4) is 0 Å². The number of carbonyl (C=O) groups is 1. The Bertz CT molecular complexity index is 1220. The highest BCUT2D eigenvalue weighted by molar-refractivity contribution is 6.33. The number of nitrogens with one attached hydrogen (secondary N) is 1. The first-order valence-electron chi connectivity index (χ1n) is 11.8. The Morgan fingerprint density at radius 2 is 1.76 bits per heavy atom. The van der Waals surface area contributed by atoms with Crippen molar-refractivity contribution in [2.24, 2.45) is 0 Å². The molecule has 34 heavy (non-hydrogen) atoms. The zero-order chi connectivity index (χ0) is 23.5. The molecule has 1 atom stereocenters. The van der Waals surface area contributed by atoms with Crippen LogP contribution in [0.4, 0.5) is 5.69 Å². The molecular weight excluding hydrogens is 450 g/mol. The Hall–Kier alpha value is -3.16. The van der Waals surface area contributed by atoms with Gasteiger partial charge < -0.3 is 10.2 Å². The Balaban J connectivity index is 1.18. The molecule has 1 aliphatic heterocycles. The zero-order valence-electron chi connectivity index (χ0n) is 19.0. The number of piperazine rings is 1. The van der Waals surface area contributed by atoms with Crippen LogP contribution in [0.25, 0.3) is 5.69 Å². The number of nitrogens with zero attached hydrogens (tertiary/aromatic N) is 4. The number of hydrogen-bond acceptors (Lipinski definition) is 5. The molecule has 2 aromatic carbocycles. The summed E-state index contributed by atoms with van der Waals surface area (Å²) in [5, 5.41) is 7.74. The zero-order valence-corrected chi connectivity index (χ0v) is 19.7. The second-order valence-electron chi connectivity index (χ2n) is 8.87. The molecule has 0 spiro atoms. The summed E-state index contributed by atoms with van der Waals surface area (Å²) in [6.07, 6.45) is 4.81. The number of amides is 1. The highest BCUT2D eigenvalue weighted by Gasteiger charge is 2.25.